The van der Waals surface area contributed by atoms with Gasteiger partial charge in [0.2, 0.25) is 0 Å². The van der Waals surface area contributed by atoms with E-state index in [9.17, 15) is 0 Å². The standard InChI is InChI=1S/C27H22B.C12H27N5/c1-23-17-19-24(20-18-23)21-22-28(25-11-5-2-6-12-25,26-13-7-3-8-14-26)27-15-9-4-10-16-27;1-9(2)13-11(14-10(3)4)15-12(16(5)6)17(7)8/h2-20H,1H3;9-10H,1-8H3,(H,13,14)/q-1;/p+1. The largest absolute Gasteiger partial charge is 0.354 e. The van der Waals surface area contributed by atoms with Crippen LogP contribution < -0.4 is 27.0 Å². The van der Waals surface area contributed by atoms with Gasteiger partial charge in [-0.3, -0.25) is 15.3 Å². The van der Waals surface area contributed by atoms with Gasteiger partial charge in [0.15, 0.2) is 0 Å². The predicted octanol–water partition coefficient (Wildman–Crippen LogP) is 4.58. The second-order valence-corrected chi connectivity index (χ2v) is 12.3. The molecule has 0 aliphatic carbocycles. The molecule has 4 rings (SSSR count). The van der Waals surface area contributed by atoms with Gasteiger partial charge >= 0.3 is 5.96 Å². The highest BCUT2D eigenvalue weighted by Crippen LogP contribution is 2.09. The van der Waals surface area contributed by atoms with Gasteiger partial charge in [0.05, 0.1) is 28.2 Å². The van der Waals surface area contributed by atoms with Crippen LogP contribution in [0, 0.1) is 18.7 Å². The van der Waals surface area contributed by atoms with Crippen molar-refractivity contribution in [3.05, 3.63) is 126 Å². The maximum Gasteiger partial charge on any atom is 0.354 e. The number of nitrogens with zero attached hydrogens (tertiary/aromatic N) is 3. The average Bonchev–Trinajstić information content (AvgIpc) is 3.02. The van der Waals surface area contributed by atoms with E-state index in [2.05, 4.69) is 177 Å². The fourth-order valence-electron chi connectivity index (χ4n) is 5.25. The van der Waals surface area contributed by atoms with Gasteiger partial charge in [-0.2, -0.15) is 16.4 Å². The SMILES string of the molecule is CC(C)N=C(NC(N(C)C)=[N+](C)C)NC(C)C.Cc1ccc(C#C[B-](c2ccccc2)(c2ccccc2)c2ccccc2)cc1. The molecule has 4 aromatic carbocycles. The molecule has 4 aromatic rings. The number of aliphatic imine (C=N–C) groups is 1. The number of hydrogen-bond donors (Lipinski definition) is 2. The molecule has 0 saturated carbocycles. The molecule has 6 heteroatoms. The first-order chi connectivity index (χ1) is 21.5. The van der Waals surface area contributed by atoms with Gasteiger partial charge in [-0.1, -0.05) is 109 Å². The lowest BCUT2D eigenvalue weighted by molar-refractivity contribution is -0.471. The van der Waals surface area contributed by atoms with Crippen LogP contribution in [0.1, 0.15) is 38.8 Å². The lowest BCUT2D eigenvalue weighted by Gasteiger charge is -2.38. The Labute approximate surface area is 272 Å². The summed E-state index contributed by atoms with van der Waals surface area (Å²) in [6, 6.07) is 41.0. The molecule has 45 heavy (non-hydrogen) atoms. The van der Waals surface area contributed by atoms with E-state index in [1.807, 2.05) is 37.7 Å². The number of hydrogen-bond acceptors (Lipinski definition) is 1. The summed E-state index contributed by atoms with van der Waals surface area (Å²) < 4.78 is 2.03. The van der Waals surface area contributed by atoms with Gasteiger partial charge in [-0.25, -0.2) is 10.3 Å². The molecule has 0 amide bonds. The molecule has 2 N–H and O–H groups in total. The van der Waals surface area contributed by atoms with Crippen LogP contribution in [0.25, 0.3) is 0 Å². The van der Waals surface area contributed by atoms with Crippen molar-refractivity contribution in [3.63, 3.8) is 0 Å². The van der Waals surface area contributed by atoms with Crippen molar-refractivity contribution in [1.29, 1.82) is 0 Å². The quantitative estimate of drug-likeness (QED) is 0.116. The van der Waals surface area contributed by atoms with Crippen molar-refractivity contribution in [2.45, 2.75) is 46.7 Å². The highest BCUT2D eigenvalue weighted by molar-refractivity contribution is 7.16. The summed E-state index contributed by atoms with van der Waals surface area (Å²) in [5.74, 6) is 9.03. The summed E-state index contributed by atoms with van der Waals surface area (Å²) >= 11 is 0. The van der Waals surface area contributed by atoms with E-state index >= 15 is 0 Å². The normalized spacial score (nSPS) is 11.1. The minimum Gasteiger partial charge on any atom is -0.341 e. The Kier molecular flexibility index (Phi) is 13.1. The lowest BCUT2D eigenvalue weighted by atomic mass is 9.16. The topological polar surface area (TPSA) is 42.7 Å². The Morgan fingerprint density at radius 1 is 0.711 bits per heavy atom. The molecule has 0 atom stereocenters. The third-order valence-corrected chi connectivity index (χ3v) is 7.27. The van der Waals surface area contributed by atoms with E-state index in [1.54, 1.807) is 0 Å². The molecule has 234 valence electrons. The van der Waals surface area contributed by atoms with E-state index in [0.29, 0.717) is 6.04 Å². The van der Waals surface area contributed by atoms with Gasteiger partial charge < -0.3 is 5.32 Å². The molecular weight excluding hydrogens is 549 g/mol. The van der Waals surface area contributed by atoms with Crippen molar-refractivity contribution in [2.75, 3.05) is 28.2 Å². The minimum absolute atomic E-state index is 0.259. The summed E-state index contributed by atoms with van der Waals surface area (Å²) in [7, 11) is 8.02. The van der Waals surface area contributed by atoms with Gasteiger partial charge in [0.25, 0.3) is 5.96 Å². The maximum absolute atomic E-state index is 4.54. The van der Waals surface area contributed by atoms with Crippen molar-refractivity contribution < 1.29 is 4.58 Å². The third kappa shape index (κ3) is 10.1. The first kappa shape index (κ1) is 34.7. The van der Waals surface area contributed by atoms with Gasteiger partial charge in [-0.15, -0.1) is 5.92 Å². The second-order valence-electron chi connectivity index (χ2n) is 12.3. The molecule has 0 radical (unpaired) electrons. The van der Waals surface area contributed by atoms with Crippen molar-refractivity contribution >= 4 is 34.5 Å². The first-order valence-corrected chi connectivity index (χ1v) is 15.8. The fourth-order valence-corrected chi connectivity index (χ4v) is 5.25. The van der Waals surface area contributed by atoms with Crippen LogP contribution in [0.3, 0.4) is 0 Å². The summed E-state index contributed by atoms with van der Waals surface area (Å²) in [5, 5.41) is 6.64. The molecular formula is C39H50BN5. The molecule has 0 unspecified atom stereocenters. The zero-order valence-corrected chi connectivity index (χ0v) is 28.5. The van der Waals surface area contributed by atoms with Crippen LogP contribution >= 0.6 is 0 Å². The highest BCUT2D eigenvalue weighted by atomic mass is 15.3. The Bertz CT molecular complexity index is 1480. The average molecular weight is 600 g/mol. The molecule has 0 fully saturated rings. The fraction of sp³-hybridized carbons (Fsp3) is 0.282. The summed E-state index contributed by atoms with van der Waals surface area (Å²) in [5.41, 5.74) is 6.00. The Hall–Kier alpha value is -4.76. The van der Waals surface area contributed by atoms with Crippen molar-refractivity contribution in [1.82, 2.24) is 15.5 Å². The van der Waals surface area contributed by atoms with Crippen molar-refractivity contribution in [3.8, 4) is 11.7 Å². The van der Waals surface area contributed by atoms with Crippen LogP contribution in [0.5, 0.6) is 0 Å². The van der Waals surface area contributed by atoms with E-state index in [0.717, 1.165) is 17.5 Å². The molecule has 0 aliphatic heterocycles. The van der Waals surface area contributed by atoms with E-state index in [1.165, 1.54) is 22.0 Å². The van der Waals surface area contributed by atoms with Crippen LogP contribution in [-0.2, 0) is 0 Å². The number of rotatable bonds is 5. The highest BCUT2D eigenvalue weighted by Gasteiger charge is 2.27. The molecule has 0 saturated heterocycles. The Morgan fingerprint density at radius 3 is 1.51 bits per heavy atom. The summed E-state index contributed by atoms with van der Waals surface area (Å²) in [4.78, 5) is 6.57. The van der Waals surface area contributed by atoms with E-state index in [4.69, 9.17) is 0 Å². The van der Waals surface area contributed by atoms with E-state index in [-0.39, 0.29) is 6.04 Å². The molecule has 0 bridgehead atoms. The zero-order chi connectivity index (χ0) is 32.8. The van der Waals surface area contributed by atoms with E-state index < -0.39 is 6.15 Å². The maximum atomic E-state index is 4.54. The number of aryl methyl sites for hydroxylation is 1. The van der Waals surface area contributed by atoms with Crippen LogP contribution in [0.15, 0.2) is 120 Å². The summed E-state index contributed by atoms with van der Waals surface area (Å²) in [6.07, 6.45) is -1.41. The molecule has 0 spiro atoms. The monoisotopic (exact) mass is 599 g/mol. The van der Waals surface area contributed by atoms with Crippen molar-refractivity contribution in [2.24, 2.45) is 4.99 Å². The molecule has 0 aromatic heterocycles. The third-order valence-electron chi connectivity index (χ3n) is 7.27. The Balaban J connectivity index is 0.000000281. The first-order valence-electron chi connectivity index (χ1n) is 15.8. The molecule has 0 heterocycles. The zero-order valence-electron chi connectivity index (χ0n) is 28.5. The second kappa shape index (κ2) is 16.9. The van der Waals surface area contributed by atoms with Crippen LogP contribution in [0.4, 0.5) is 0 Å². The van der Waals surface area contributed by atoms with Crippen LogP contribution in [0.2, 0.25) is 0 Å². The predicted molar refractivity (Wildman–Crippen MR) is 197 cm³/mol. The van der Waals surface area contributed by atoms with Crippen LogP contribution in [-0.4, -0.2) is 67.8 Å². The summed E-state index contributed by atoms with van der Waals surface area (Å²) in [6.45, 7) is 10.4. The molecule has 0 aliphatic rings. The number of nitrogens with one attached hydrogen (secondary N) is 2. The van der Waals surface area contributed by atoms with Gasteiger partial charge in [0.1, 0.15) is 6.15 Å². The lowest BCUT2D eigenvalue weighted by Crippen LogP contribution is -2.66. The smallest absolute Gasteiger partial charge is 0.341 e. The van der Waals surface area contributed by atoms with Gasteiger partial charge in [-0.05, 0) is 46.8 Å². The Morgan fingerprint density at radius 2 is 1.16 bits per heavy atom. The van der Waals surface area contributed by atoms with Gasteiger partial charge in [0, 0.05) is 17.6 Å². The number of guanidine groups is 2. The molecule has 5 nitrogen and oxygen atoms in total. The number of benzene rings is 4. The minimum atomic E-state index is -1.41.